The van der Waals surface area contributed by atoms with Crippen LogP contribution in [0.5, 0.6) is 5.75 Å². The van der Waals surface area contributed by atoms with Crippen molar-refractivity contribution >= 4 is 27.8 Å². The van der Waals surface area contributed by atoms with Crippen molar-refractivity contribution < 1.29 is 14.6 Å². The molecule has 0 fully saturated rings. The SMILES string of the molecule is COc1cccc2c3cc(-c4ccccc4)n(CC(=O)O)c(=O)c3n(Cc3ccccc3)c12. The predicted octanol–water partition coefficient (Wildman–Crippen LogP) is 4.76. The summed E-state index contributed by atoms with van der Waals surface area (Å²) in [6.07, 6.45) is 0. The number of fused-ring (bicyclic) bond motifs is 3. The summed E-state index contributed by atoms with van der Waals surface area (Å²) < 4.78 is 8.94. The second-order valence-corrected chi connectivity index (χ2v) is 7.87. The van der Waals surface area contributed by atoms with Gasteiger partial charge < -0.3 is 14.4 Å². The molecule has 0 saturated carbocycles. The van der Waals surface area contributed by atoms with Gasteiger partial charge in [0.1, 0.15) is 17.8 Å². The molecule has 1 N–H and O–H groups in total. The Kier molecular flexibility index (Phi) is 5.18. The second kappa shape index (κ2) is 8.31. The van der Waals surface area contributed by atoms with Gasteiger partial charge in [0, 0.05) is 17.3 Å². The van der Waals surface area contributed by atoms with Gasteiger partial charge in [-0.25, -0.2) is 0 Å². The van der Waals surface area contributed by atoms with E-state index >= 15 is 0 Å². The number of aromatic nitrogens is 2. The summed E-state index contributed by atoms with van der Waals surface area (Å²) in [5, 5.41) is 11.2. The molecule has 0 radical (unpaired) electrons. The average Bonchev–Trinajstić information content (AvgIpc) is 3.15. The third-order valence-electron chi connectivity index (χ3n) is 5.87. The lowest BCUT2D eigenvalue weighted by Gasteiger charge is -2.14. The summed E-state index contributed by atoms with van der Waals surface area (Å²) in [4.78, 5) is 25.6. The Labute approximate surface area is 189 Å². The Morgan fingerprint density at radius 2 is 1.55 bits per heavy atom. The maximum absolute atomic E-state index is 13.9. The zero-order valence-corrected chi connectivity index (χ0v) is 18.1. The molecule has 0 saturated heterocycles. The van der Waals surface area contributed by atoms with Gasteiger partial charge in [-0.3, -0.25) is 14.2 Å². The monoisotopic (exact) mass is 438 g/mol. The molecule has 33 heavy (non-hydrogen) atoms. The number of rotatable bonds is 6. The fourth-order valence-electron chi connectivity index (χ4n) is 4.46. The van der Waals surface area contributed by atoms with Gasteiger partial charge in [0.25, 0.3) is 5.56 Å². The fourth-order valence-corrected chi connectivity index (χ4v) is 4.46. The van der Waals surface area contributed by atoms with Gasteiger partial charge in [0.2, 0.25) is 0 Å². The number of benzene rings is 3. The first-order valence-electron chi connectivity index (χ1n) is 10.6. The lowest BCUT2D eigenvalue weighted by Crippen LogP contribution is -2.27. The maximum atomic E-state index is 13.9. The molecule has 2 aromatic heterocycles. The van der Waals surface area contributed by atoms with Crippen molar-refractivity contribution in [2.24, 2.45) is 0 Å². The standard InChI is InChI=1S/C27H22N2O4/c1-33-23-14-8-13-20-21-15-22(19-11-6-3-7-12-19)28(17-24(30)31)27(32)26(21)29(25(20)23)16-18-9-4-2-5-10-18/h2-15H,16-17H2,1H3,(H,30,31). The van der Waals surface area contributed by atoms with E-state index in [2.05, 4.69) is 0 Å². The number of ether oxygens (including phenoxy) is 1. The number of carboxylic acids is 1. The molecule has 164 valence electrons. The molecule has 0 amide bonds. The van der Waals surface area contributed by atoms with Crippen LogP contribution in [0.15, 0.2) is 89.7 Å². The number of methoxy groups -OCH3 is 1. The Morgan fingerprint density at radius 1 is 0.848 bits per heavy atom. The third-order valence-corrected chi connectivity index (χ3v) is 5.87. The van der Waals surface area contributed by atoms with Crippen molar-refractivity contribution in [1.29, 1.82) is 0 Å². The first kappa shape index (κ1) is 20.6. The van der Waals surface area contributed by atoms with E-state index in [4.69, 9.17) is 4.74 Å². The summed E-state index contributed by atoms with van der Waals surface area (Å²) in [7, 11) is 1.61. The van der Waals surface area contributed by atoms with Crippen molar-refractivity contribution in [1.82, 2.24) is 9.13 Å². The molecule has 5 aromatic rings. The fraction of sp³-hybridized carbons (Fsp3) is 0.111. The van der Waals surface area contributed by atoms with Crippen LogP contribution in [0, 0.1) is 0 Å². The molecule has 6 nitrogen and oxygen atoms in total. The molecule has 3 aromatic carbocycles. The molecule has 0 unspecified atom stereocenters. The van der Waals surface area contributed by atoms with Crippen LogP contribution in [0.3, 0.4) is 0 Å². The molecular formula is C27H22N2O4. The molecule has 0 aliphatic rings. The highest BCUT2D eigenvalue weighted by Crippen LogP contribution is 2.36. The zero-order valence-electron chi connectivity index (χ0n) is 18.1. The number of nitrogens with zero attached hydrogens (tertiary/aromatic N) is 2. The van der Waals surface area contributed by atoms with Crippen LogP contribution in [-0.2, 0) is 17.9 Å². The van der Waals surface area contributed by atoms with Gasteiger partial charge in [-0.2, -0.15) is 0 Å². The summed E-state index contributed by atoms with van der Waals surface area (Å²) in [6.45, 7) is 0.0250. The van der Waals surface area contributed by atoms with E-state index in [-0.39, 0.29) is 5.56 Å². The highest BCUT2D eigenvalue weighted by molar-refractivity contribution is 6.10. The van der Waals surface area contributed by atoms with Crippen molar-refractivity contribution in [3.63, 3.8) is 0 Å². The van der Waals surface area contributed by atoms with Crippen molar-refractivity contribution in [3.8, 4) is 17.0 Å². The maximum Gasteiger partial charge on any atom is 0.323 e. The van der Waals surface area contributed by atoms with Crippen LogP contribution in [0.4, 0.5) is 0 Å². The van der Waals surface area contributed by atoms with Gasteiger partial charge in [-0.15, -0.1) is 0 Å². The van der Waals surface area contributed by atoms with Crippen LogP contribution >= 0.6 is 0 Å². The molecule has 0 aliphatic heterocycles. The smallest absolute Gasteiger partial charge is 0.323 e. The highest BCUT2D eigenvalue weighted by atomic mass is 16.5. The zero-order chi connectivity index (χ0) is 22.9. The lowest BCUT2D eigenvalue weighted by atomic mass is 10.1. The normalized spacial score (nSPS) is 11.2. The summed E-state index contributed by atoms with van der Waals surface area (Å²) in [5.74, 6) is -0.415. The van der Waals surface area contributed by atoms with Crippen molar-refractivity contribution in [2.45, 2.75) is 13.1 Å². The number of hydrogen-bond donors (Lipinski definition) is 1. The van der Waals surface area contributed by atoms with E-state index in [1.54, 1.807) is 7.11 Å². The van der Waals surface area contributed by atoms with Gasteiger partial charge in [0.15, 0.2) is 0 Å². The molecule has 0 aliphatic carbocycles. The van der Waals surface area contributed by atoms with Crippen LogP contribution in [-0.4, -0.2) is 27.3 Å². The molecule has 6 heteroatoms. The molecule has 2 heterocycles. The Hall–Kier alpha value is -4.32. The highest BCUT2D eigenvalue weighted by Gasteiger charge is 2.22. The predicted molar refractivity (Wildman–Crippen MR) is 129 cm³/mol. The average molecular weight is 438 g/mol. The van der Waals surface area contributed by atoms with E-state index in [0.29, 0.717) is 23.5 Å². The van der Waals surface area contributed by atoms with E-state index in [0.717, 1.165) is 27.4 Å². The molecule has 5 rings (SSSR count). The van der Waals surface area contributed by atoms with E-state index < -0.39 is 12.5 Å². The van der Waals surface area contributed by atoms with Gasteiger partial charge >= 0.3 is 5.97 Å². The van der Waals surface area contributed by atoms with Crippen molar-refractivity contribution in [3.05, 3.63) is 101 Å². The number of aliphatic carboxylic acids is 1. The van der Waals surface area contributed by atoms with Crippen LogP contribution in [0.2, 0.25) is 0 Å². The third kappa shape index (κ3) is 3.55. The largest absolute Gasteiger partial charge is 0.495 e. The van der Waals surface area contributed by atoms with Gasteiger partial charge in [-0.05, 0) is 23.3 Å². The Bertz CT molecular complexity index is 1530. The molecular weight excluding hydrogens is 416 g/mol. The van der Waals surface area contributed by atoms with Crippen molar-refractivity contribution in [2.75, 3.05) is 7.11 Å². The number of carboxylic acid groups (broad SMARTS) is 1. The summed E-state index contributed by atoms with van der Waals surface area (Å²) >= 11 is 0. The Morgan fingerprint density at radius 3 is 2.21 bits per heavy atom. The van der Waals surface area contributed by atoms with Crippen LogP contribution in [0.1, 0.15) is 5.56 Å². The number of carbonyl (C=O) groups is 1. The van der Waals surface area contributed by atoms with E-state index in [9.17, 15) is 14.7 Å². The Balaban J connectivity index is 1.92. The van der Waals surface area contributed by atoms with Crippen LogP contribution < -0.4 is 10.3 Å². The van der Waals surface area contributed by atoms with E-state index in [1.807, 2.05) is 89.5 Å². The number of hydrogen-bond acceptors (Lipinski definition) is 3. The van der Waals surface area contributed by atoms with Gasteiger partial charge in [0.05, 0.1) is 18.3 Å². The topological polar surface area (TPSA) is 73.5 Å². The quantitative estimate of drug-likeness (QED) is 0.415. The van der Waals surface area contributed by atoms with Crippen LogP contribution in [0.25, 0.3) is 33.1 Å². The van der Waals surface area contributed by atoms with Gasteiger partial charge in [-0.1, -0.05) is 72.8 Å². The first-order chi connectivity index (χ1) is 16.1. The lowest BCUT2D eigenvalue weighted by molar-refractivity contribution is -0.137. The second-order valence-electron chi connectivity index (χ2n) is 7.87. The minimum Gasteiger partial charge on any atom is -0.495 e. The summed E-state index contributed by atoms with van der Waals surface area (Å²) in [6, 6.07) is 26.9. The number of pyridine rings is 1. The first-order valence-corrected chi connectivity index (χ1v) is 10.6. The number of para-hydroxylation sites is 1. The minimum absolute atomic E-state index is 0.345. The molecule has 0 atom stereocenters. The molecule has 0 bridgehead atoms. The van der Waals surface area contributed by atoms with E-state index in [1.165, 1.54) is 4.57 Å². The summed E-state index contributed by atoms with van der Waals surface area (Å²) in [5.41, 5.74) is 3.30. The molecule has 0 spiro atoms. The minimum atomic E-state index is -1.07.